The first kappa shape index (κ1) is 24.8. The number of rotatable bonds is 9. The highest BCUT2D eigenvalue weighted by Gasteiger charge is 2.14. The van der Waals surface area contributed by atoms with Crippen LogP contribution in [0.1, 0.15) is 61.8 Å². The second-order valence-corrected chi connectivity index (χ2v) is 8.32. The van der Waals surface area contributed by atoms with Crippen LogP contribution in [0.5, 0.6) is 11.5 Å². The minimum Gasteiger partial charge on any atom is -0.493 e. The fraction of sp³-hybridized carbons (Fsp3) is 0.360. The van der Waals surface area contributed by atoms with Crippen molar-refractivity contribution in [2.45, 2.75) is 52.6 Å². The van der Waals surface area contributed by atoms with Crippen molar-refractivity contribution in [2.24, 2.45) is 0 Å². The molecular weight excluding hydrogens is 436 g/mol. The number of amides is 2. The van der Waals surface area contributed by atoms with Crippen molar-refractivity contribution in [2.75, 3.05) is 7.11 Å². The molecule has 2 aromatic carbocycles. The maximum absolute atomic E-state index is 12.4. The quantitative estimate of drug-likeness (QED) is 0.457. The van der Waals surface area contributed by atoms with Crippen molar-refractivity contribution >= 4 is 11.8 Å². The van der Waals surface area contributed by atoms with E-state index in [0.29, 0.717) is 34.7 Å². The van der Waals surface area contributed by atoms with E-state index in [2.05, 4.69) is 34.8 Å². The molecule has 1 aromatic heterocycles. The third kappa shape index (κ3) is 6.57. The number of carbonyl (C=O) groups excluding carboxylic acids is 2. The van der Waals surface area contributed by atoms with Crippen LogP contribution < -0.4 is 20.3 Å². The molecule has 0 fully saturated rings. The van der Waals surface area contributed by atoms with Gasteiger partial charge in [0.2, 0.25) is 17.6 Å². The van der Waals surface area contributed by atoms with Crippen LogP contribution in [-0.2, 0) is 11.2 Å². The Kier molecular flexibility index (Phi) is 8.24. The molecule has 0 bridgehead atoms. The Balaban J connectivity index is 1.50. The summed E-state index contributed by atoms with van der Waals surface area (Å²) in [4.78, 5) is 28.9. The minimum absolute atomic E-state index is 0.0341. The van der Waals surface area contributed by atoms with Crippen LogP contribution in [-0.4, -0.2) is 35.2 Å². The molecule has 0 saturated carbocycles. The summed E-state index contributed by atoms with van der Waals surface area (Å²) in [5.41, 5.74) is 7.17. The first-order valence-corrected chi connectivity index (χ1v) is 11.1. The number of nitrogens with zero attached hydrogens (tertiary/aromatic N) is 2. The number of aromatic nitrogens is 2. The predicted octanol–water partition coefficient (Wildman–Crippen LogP) is 4.05. The maximum Gasteiger partial charge on any atom is 0.269 e. The third-order valence-corrected chi connectivity index (χ3v) is 4.97. The molecule has 3 rings (SSSR count). The molecule has 2 N–H and O–H groups in total. The van der Waals surface area contributed by atoms with Crippen LogP contribution in [0, 0.1) is 0 Å². The normalized spacial score (nSPS) is 10.9. The summed E-state index contributed by atoms with van der Waals surface area (Å²) in [5, 5.41) is 3.98. The Morgan fingerprint density at radius 3 is 2.38 bits per heavy atom. The van der Waals surface area contributed by atoms with E-state index in [9.17, 15) is 9.59 Å². The lowest BCUT2D eigenvalue weighted by atomic mass is 10.0. The molecule has 0 aliphatic heterocycles. The number of methoxy groups -OCH3 is 1. The van der Waals surface area contributed by atoms with Crippen LogP contribution >= 0.6 is 0 Å². The number of ether oxygens (including phenoxy) is 2. The highest BCUT2D eigenvalue weighted by Crippen LogP contribution is 2.29. The molecule has 34 heavy (non-hydrogen) atoms. The fourth-order valence-electron chi connectivity index (χ4n) is 3.13. The molecule has 0 spiro atoms. The van der Waals surface area contributed by atoms with Crippen molar-refractivity contribution in [3.63, 3.8) is 0 Å². The summed E-state index contributed by atoms with van der Waals surface area (Å²) < 4.78 is 16.2. The predicted molar refractivity (Wildman–Crippen MR) is 127 cm³/mol. The molecule has 0 aliphatic carbocycles. The average Bonchev–Trinajstić information content (AvgIpc) is 3.30. The van der Waals surface area contributed by atoms with Crippen LogP contribution in [0.15, 0.2) is 47.0 Å². The molecular formula is C25H30N4O5. The molecule has 1 heterocycles. The third-order valence-electron chi connectivity index (χ3n) is 4.97. The van der Waals surface area contributed by atoms with Gasteiger partial charge in [0, 0.05) is 24.0 Å². The maximum atomic E-state index is 12.4. The molecule has 9 heteroatoms. The van der Waals surface area contributed by atoms with Crippen molar-refractivity contribution < 1.29 is 23.6 Å². The number of benzene rings is 2. The lowest BCUT2D eigenvalue weighted by molar-refractivity contribution is -0.121. The monoisotopic (exact) mass is 466 g/mol. The summed E-state index contributed by atoms with van der Waals surface area (Å²) in [5.74, 6) is 1.35. The first-order chi connectivity index (χ1) is 16.3. The zero-order chi connectivity index (χ0) is 24.7. The van der Waals surface area contributed by atoms with Gasteiger partial charge in [-0.3, -0.25) is 20.4 Å². The average molecular weight is 467 g/mol. The number of hydrogen-bond donors (Lipinski definition) is 2. The summed E-state index contributed by atoms with van der Waals surface area (Å²) >= 11 is 0. The van der Waals surface area contributed by atoms with Gasteiger partial charge in [0.15, 0.2) is 11.5 Å². The highest BCUT2D eigenvalue weighted by molar-refractivity contribution is 5.96. The molecule has 0 radical (unpaired) electrons. The van der Waals surface area contributed by atoms with Crippen molar-refractivity contribution in [3.05, 3.63) is 59.5 Å². The van der Waals surface area contributed by atoms with E-state index in [-0.39, 0.29) is 24.9 Å². The smallest absolute Gasteiger partial charge is 0.269 e. The standard InChI is InChI=1S/C25H30N4O5/c1-15(2)17-6-8-18(9-7-17)24-26-23(34-29-24)13-12-22(30)27-28-25(31)19-10-11-20(33-16(3)4)21(14-19)32-5/h6-11,14-16H,12-13H2,1-5H3,(H,27,30)(H,28,31). The molecule has 180 valence electrons. The first-order valence-electron chi connectivity index (χ1n) is 11.1. The van der Waals surface area contributed by atoms with Crippen molar-refractivity contribution in [3.8, 4) is 22.9 Å². The van der Waals surface area contributed by atoms with E-state index in [1.54, 1.807) is 18.2 Å². The zero-order valence-corrected chi connectivity index (χ0v) is 20.0. The van der Waals surface area contributed by atoms with E-state index in [1.165, 1.54) is 12.7 Å². The Labute approximate surface area is 198 Å². The van der Waals surface area contributed by atoms with E-state index in [1.807, 2.05) is 38.1 Å². The van der Waals surface area contributed by atoms with Gasteiger partial charge in [-0.1, -0.05) is 43.3 Å². The van der Waals surface area contributed by atoms with Gasteiger partial charge in [0.05, 0.1) is 13.2 Å². The van der Waals surface area contributed by atoms with Gasteiger partial charge in [-0.2, -0.15) is 4.98 Å². The highest BCUT2D eigenvalue weighted by atomic mass is 16.5. The zero-order valence-electron chi connectivity index (χ0n) is 20.0. The number of hydrogen-bond acceptors (Lipinski definition) is 7. The van der Waals surface area contributed by atoms with Gasteiger partial charge >= 0.3 is 0 Å². The van der Waals surface area contributed by atoms with E-state index in [4.69, 9.17) is 14.0 Å². The minimum atomic E-state index is -0.479. The Hall–Kier alpha value is -3.88. The SMILES string of the molecule is COc1cc(C(=O)NNC(=O)CCc2nc(-c3ccc(C(C)C)cc3)no2)ccc1OC(C)C. The van der Waals surface area contributed by atoms with Gasteiger partial charge in [0.25, 0.3) is 5.91 Å². The molecule has 0 aliphatic rings. The fourth-order valence-corrected chi connectivity index (χ4v) is 3.13. The second-order valence-electron chi connectivity index (χ2n) is 8.32. The number of hydrazine groups is 1. The molecule has 9 nitrogen and oxygen atoms in total. The largest absolute Gasteiger partial charge is 0.493 e. The summed E-state index contributed by atoms with van der Waals surface area (Å²) in [6, 6.07) is 12.8. The Morgan fingerprint density at radius 2 is 1.74 bits per heavy atom. The van der Waals surface area contributed by atoms with Gasteiger partial charge in [-0.05, 0) is 43.5 Å². The lowest BCUT2D eigenvalue weighted by Gasteiger charge is -2.14. The van der Waals surface area contributed by atoms with Crippen LogP contribution in [0.3, 0.4) is 0 Å². The molecule has 0 unspecified atom stereocenters. The second kappa shape index (κ2) is 11.3. The number of carbonyl (C=O) groups is 2. The van der Waals surface area contributed by atoms with Gasteiger partial charge in [-0.15, -0.1) is 0 Å². The molecule has 2 amide bonds. The summed E-state index contributed by atoms with van der Waals surface area (Å²) in [6.45, 7) is 8.05. The van der Waals surface area contributed by atoms with Crippen LogP contribution in [0.25, 0.3) is 11.4 Å². The summed E-state index contributed by atoms with van der Waals surface area (Å²) in [7, 11) is 1.50. The van der Waals surface area contributed by atoms with Crippen LogP contribution in [0.4, 0.5) is 0 Å². The molecule has 3 aromatic rings. The number of nitrogens with one attached hydrogen (secondary N) is 2. The van der Waals surface area contributed by atoms with E-state index >= 15 is 0 Å². The lowest BCUT2D eigenvalue weighted by Crippen LogP contribution is -2.41. The van der Waals surface area contributed by atoms with E-state index < -0.39 is 5.91 Å². The Morgan fingerprint density at radius 1 is 1.00 bits per heavy atom. The van der Waals surface area contributed by atoms with Gasteiger partial charge in [-0.25, -0.2) is 0 Å². The van der Waals surface area contributed by atoms with Crippen LogP contribution in [0.2, 0.25) is 0 Å². The summed E-state index contributed by atoms with van der Waals surface area (Å²) in [6.07, 6.45) is 0.278. The Bertz CT molecular complexity index is 1120. The van der Waals surface area contributed by atoms with E-state index in [0.717, 1.165) is 5.56 Å². The van der Waals surface area contributed by atoms with Gasteiger partial charge in [0.1, 0.15) is 0 Å². The molecule has 0 atom stereocenters. The van der Waals surface area contributed by atoms with Gasteiger partial charge < -0.3 is 14.0 Å². The topological polar surface area (TPSA) is 116 Å². The van der Waals surface area contributed by atoms with Crippen molar-refractivity contribution in [1.29, 1.82) is 0 Å². The number of aryl methyl sites for hydroxylation is 1. The molecule has 0 saturated heterocycles. The van der Waals surface area contributed by atoms with Crippen molar-refractivity contribution in [1.82, 2.24) is 21.0 Å².